The van der Waals surface area contributed by atoms with Crippen LogP contribution in [0, 0.1) is 6.92 Å². The maximum atomic E-state index is 5.91. The second-order valence-corrected chi connectivity index (χ2v) is 3.83. The lowest BCUT2D eigenvalue weighted by Crippen LogP contribution is -2.18. The van der Waals surface area contributed by atoms with Gasteiger partial charge in [-0.25, -0.2) is 0 Å². The average molecular weight is 213 g/mol. The molecular weight excluding hydrogens is 196 g/mol. The first-order chi connectivity index (χ1) is 6.74. The minimum atomic E-state index is 0.738. The third kappa shape index (κ3) is 3.66. The minimum absolute atomic E-state index is 0.738. The van der Waals surface area contributed by atoms with E-state index in [2.05, 4.69) is 12.2 Å². The quantitative estimate of drug-likeness (QED) is 0.734. The van der Waals surface area contributed by atoms with E-state index >= 15 is 0 Å². The molecule has 0 bridgehead atoms. The summed E-state index contributed by atoms with van der Waals surface area (Å²) < 4.78 is 0. The number of hydrogen-bond acceptors (Lipinski definition) is 2. The topological polar surface area (TPSA) is 38.0 Å². The van der Waals surface area contributed by atoms with E-state index in [-0.39, 0.29) is 0 Å². The second kappa shape index (κ2) is 6.02. The van der Waals surface area contributed by atoms with Gasteiger partial charge in [-0.05, 0) is 49.7 Å². The van der Waals surface area contributed by atoms with Crippen LogP contribution in [0.15, 0.2) is 18.2 Å². The maximum absolute atomic E-state index is 5.91. The molecule has 0 spiro atoms. The average Bonchev–Trinajstić information content (AvgIpc) is 2.18. The van der Waals surface area contributed by atoms with Crippen LogP contribution in [0.1, 0.15) is 17.5 Å². The van der Waals surface area contributed by atoms with Gasteiger partial charge in [0.05, 0.1) is 0 Å². The first-order valence-electron chi connectivity index (χ1n) is 4.90. The highest BCUT2D eigenvalue weighted by Gasteiger charge is 1.98. The molecule has 2 nitrogen and oxygen atoms in total. The number of nitrogens with one attached hydrogen (secondary N) is 1. The Hall–Kier alpha value is -0.570. The Kier molecular flexibility index (Phi) is 4.94. The first kappa shape index (κ1) is 11.5. The van der Waals surface area contributed by atoms with Crippen LogP contribution in [-0.4, -0.2) is 13.1 Å². The van der Waals surface area contributed by atoms with Gasteiger partial charge in [-0.3, -0.25) is 0 Å². The molecule has 0 atom stereocenters. The van der Waals surface area contributed by atoms with Gasteiger partial charge in [-0.1, -0.05) is 17.7 Å². The highest BCUT2D eigenvalue weighted by atomic mass is 35.5. The molecule has 0 saturated heterocycles. The normalized spacial score (nSPS) is 10.5. The SMILES string of the molecule is Cc1ccc(Cl)cc1CNCCCN. The summed E-state index contributed by atoms with van der Waals surface area (Å²) in [6.45, 7) is 4.66. The summed E-state index contributed by atoms with van der Waals surface area (Å²) in [6, 6.07) is 5.97. The molecule has 78 valence electrons. The molecule has 14 heavy (non-hydrogen) atoms. The van der Waals surface area contributed by atoms with Crippen LogP contribution in [0.5, 0.6) is 0 Å². The van der Waals surface area contributed by atoms with Gasteiger partial charge in [-0.15, -0.1) is 0 Å². The van der Waals surface area contributed by atoms with Crippen LogP contribution in [0.25, 0.3) is 0 Å². The second-order valence-electron chi connectivity index (χ2n) is 3.39. The molecule has 0 fully saturated rings. The zero-order valence-corrected chi connectivity index (χ0v) is 9.27. The smallest absolute Gasteiger partial charge is 0.0409 e. The number of aryl methyl sites for hydroxylation is 1. The lowest BCUT2D eigenvalue weighted by molar-refractivity contribution is 0.654. The van der Waals surface area contributed by atoms with Crippen molar-refractivity contribution in [2.45, 2.75) is 19.9 Å². The van der Waals surface area contributed by atoms with Gasteiger partial charge in [-0.2, -0.15) is 0 Å². The van der Waals surface area contributed by atoms with Crippen LogP contribution in [-0.2, 0) is 6.54 Å². The summed E-state index contributed by atoms with van der Waals surface area (Å²) in [7, 11) is 0. The molecule has 0 heterocycles. The molecule has 1 aromatic carbocycles. The number of hydrogen-bond donors (Lipinski definition) is 2. The van der Waals surface area contributed by atoms with Crippen molar-refractivity contribution < 1.29 is 0 Å². The van der Waals surface area contributed by atoms with Crippen molar-refractivity contribution in [1.29, 1.82) is 0 Å². The van der Waals surface area contributed by atoms with Crippen molar-refractivity contribution in [3.05, 3.63) is 34.3 Å². The molecule has 1 rings (SSSR count). The van der Waals surface area contributed by atoms with E-state index < -0.39 is 0 Å². The zero-order valence-electron chi connectivity index (χ0n) is 8.52. The minimum Gasteiger partial charge on any atom is -0.330 e. The maximum Gasteiger partial charge on any atom is 0.0409 e. The molecular formula is C11H17ClN2. The van der Waals surface area contributed by atoms with E-state index in [9.17, 15) is 0 Å². The molecule has 0 unspecified atom stereocenters. The van der Waals surface area contributed by atoms with Crippen molar-refractivity contribution in [2.24, 2.45) is 5.73 Å². The van der Waals surface area contributed by atoms with Crippen molar-refractivity contribution in [1.82, 2.24) is 5.32 Å². The Morgan fingerprint density at radius 1 is 1.43 bits per heavy atom. The predicted molar refractivity (Wildman–Crippen MR) is 61.6 cm³/mol. The molecule has 1 aromatic rings. The fourth-order valence-corrected chi connectivity index (χ4v) is 1.48. The number of rotatable bonds is 5. The molecule has 0 amide bonds. The van der Waals surface area contributed by atoms with Crippen LogP contribution in [0.3, 0.4) is 0 Å². The fraction of sp³-hybridized carbons (Fsp3) is 0.455. The lowest BCUT2D eigenvalue weighted by atomic mass is 10.1. The summed E-state index contributed by atoms with van der Waals surface area (Å²) in [5.74, 6) is 0. The highest BCUT2D eigenvalue weighted by molar-refractivity contribution is 6.30. The highest BCUT2D eigenvalue weighted by Crippen LogP contribution is 2.14. The Balaban J connectivity index is 2.45. The monoisotopic (exact) mass is 212 g/mol. The van der Waals surface area contributed by atoms with E-state index in [0.29, 0.717) is 0 Å². The van der Waals surface area contributed by atoms with Gasteiger partial charge in [0, 0.05) is 11.6 Å². The lowest BCUT2D eigenvalue weighted by Gasteiger charge is -2.07. The first-order valence-corrected chi connectivity index (χ1v) is 5.27. The largest absolute Gasteiger partial charge is 0.330 e. The fourth-order valence-electron chi connectivity index (χ4n) is 1.28. The number of halogens is 1. The van der Waals surface area contributed by atoms with Gasteiger partial charge >= 0.3 is 0 Å². The number of benzene rings is 1. The van der Waals surface area contributed by atoms with Crippen LogP contribution >= 0.6 is 11.6 Å². The summed E-state index contributed by atoms with van der Waals surface area (Å²) >= 11 is 5.91. The van der Waals surface area contributed by atoms with Gasteiger partial charge in [0.15, 0.2) is 0 Å². The van der Waals surface area contributed by atoms with Crippen molar-refractivity contribution in [3.8, 4) is 0 Å². The number of nitrogens with two attached hydrogens (primary N) is 1. The summed E-state index contributed by atoms with van der Waals surface area (Å²) in [5, 5.41) is 4.13. The van der Waals surface area contributed by atoms with Crippen LogP contribution in [0.4, 0.5) is 0 Å². The molecule has 0 aliphatic carbocycles. The van der Waals surface area contributed by atoms with E-state index in [1.807, 2.05) is 18.2 Å². The van der Waals surface area contributed by atoms with E-state index in [4.69, 9.17) is 17.3 Å². The van der Waals surface area contributed by atoms with Crippen LogP contribution < -0.4 is 11.1 Å². The summed E-state index contributed by atoms with van der Waals surface area (Å²) in [4.78, 5) is 0. The molecule has 0 radical (unpaired) electrons. The summed E-state index contributed by atoms with van der Waals surface area (Å²) in [5.41, 5.74) is 7.93. The zero-order chi connectivity index (χ0) is 10.4. The molecule has 3 N–H and O–H groups in total. The Bertz CT molecular complexity index is 287. The Morgan fingerprint density at radius 3 is 2.93 bits per heavy atom. The van der Waals surface area contributed by atoms with E-state index in [1.165, 1.54) is 11.1 Å². The Labute approximate surface area is 90.4 Å². The Morgan fingerprint density at radius 2 is 2.21 bits per heavy atom. The third-order valence-corrected chi connectivity index (χ3v) is 2.42. The molecule has 0 aliphatic rings. The van der Waals surface area contributed by atoms with Crippen molar-refractivity contribution in [3.63, 3.8) is 0 Å². The van der Waals surface area contributed by atoms with E-state index in [0.717, 1.165) is 31.1 Å². The third-order valence-electron chi connectivity index (χ3n) is 2.18. The van der Waals surface area contributed by atoms with Gasteiger partial charge in [0.2, 0.25) is 0 Å². The predicted octanol–water partition coefficient (Wildman–Crippen LogP) is 2.09. The molecule has 3 heteroatoms. The summed E-state index contributed by atoms with van der Waals surface area (Å²) in [6.07, 6.45) is 1.01. The molecule has 0 saturated carbocycles. The van der Waals surface area contributed by atoms with Gasteiger partial charge in [0.25, 0.3) is 0 Å². The van der Waals surface area contributed by atoms with Gasteiger partial charge in [0.1, 0.15) is 0 Å². The van der Waals surface area contributed by atoms with E-state index in [1.54, 1.807) is 0 Å². The molecule has 0 aromatic heterocycles. The van der Waals surface area contributed by atoms with Crippen molar-refractivity contribution in [2.75, 3.05) is 13.1 Å². The van der Waals surface area contributed by atoms with Crippen molar-refractivity contribution >= 4 is 11.6 Å². The standard InChI is InChI=1S/C11H17ClN2/c1-9-3-4-11(12)7-10(9)8-14-6-2-5-13/h3-4,7,14H,2,5-6,8,13H2,1H3. The van der Waals surface area contributed by atoms with Gasteiger partial charge < -0.3 is 11.1 Å². The van der Waals surface area contributed by atoms with Crippen LogP contribution in [0.2, 0.25) is 5.02 Å². The molecule has 0 aliphatic heterocycles.